The third-order valence-corrected chi connectivity index (χ3v) is 4.53. The Labute approximate surface area is 143 Å². The third kappa shape index (κ3) is 4.71. The molecule has 2 rings (SSSR count). The van der Waals surface area contributed by atoms with Gasteiger partial charge in [-0.05, 0) is 18.9 Å². The zero-order valence-corrected chi connectivity index (χ0v) is 14.5. The number of hydrogen-bond donors (Lipinski definition) is 2. The Kier molecular flexibility index (Phi) is 6.61. The predicted molar refractivity (Wildman–Crippen MR) is 92.7 cm³/mol. The smallest absolute Gasteiger partial charge is 0.227 e. The number of carbonyl (C=O) groups excluding carboxylic acids is 2. The van der Waals surface area contributed by atoms with E-state index in [1.165, 1.54) is 0 Å². The Morgan fingerprint density at radius 3 is 2.62 bits per heavy atom. The van der Waals surface area contributed by atoms with E-state index < -0.39 is 0 Å². The highest BCUT2D eigenvalue weighted by atomic mass is 16.5. The molecule has 6 heteroatoms. The standard InChI is InChI=1S/C18H27N3O3/c1-13(12-19)18(23)20-15-7-9-21(10-8-15)17(22)11-14-5-3-4-6-16(14)24-2/h3-6,13,15H,7-12,19H2,1-2H3,(H,20,23). The van der Waals surface area contributed by atoms with Gasteiger partial charge in [0, 0.05) is 37.2 Å². The van der Waals surface area contributed by atoms with Crippen molar-refractivity contribution in [3.05, 3.63) is 29.8 Å². The van der Waals surface area contributed by atoms with Gasteiger partial charge in [0.1, 0.15) is 5.75 Å². The van der Waals surface area contributed by atoms with Gasteiger partial charge in [-0.1, -0.05) is 25.1 Å². The number of methoxy groups -OCH3 is 1. The van der Waals surface area contributed by atoms with E-state index >= 15 is 0 Å². The highest BCUT2D eigenvalue weighted by molar-refractivity contribution is 5.80. The Balaban J connectivity index is 1.83. The van der Waals surface area contributed by atoms with Gasteiger partial charge in [0.25, 0.3) is 0 Å². The fraction of sp³-hybridized carbons (Fsp3) is 0.556. The van der Waals surface area contributed by atoms with Crippen LogP contribution in [0, 0.1) is 5.92 Å². The van der Waals surface area contributed by atoms with Crippen LogP contribution in [-0.4, -0.2) is 49.5 Å². The number of carbonyl (C=O) groups is 2. The summed E-state index contributed by atoms with van der Waals surface area (Å²) in [6.07, 6.45) is 1.90. The van der Waals surface area contributed by atoms with E-state index in [-0.39, 0.29) is 23.8 Å². The number of benzene rings is 1. The number of nitrogens with one attached hydrogen (secondary N) is 1. The van der Waals surface area contributed by atoms with E-state index in [0.29, 0.717) is 26.1 Å². The first-order valence-corrected chi connectivity index (χ1v) is 8.45. The van der Waals surface area contributed by atoms with Gasteiger partial charge < -0.3 is 20.7 Å². The van der Waals surface area contributed by atoms with Gasteiger partial charge >= 0.3 is 0 Å². The number of ether oxygens (including phenoxy) is 1. The lowest BCUT2D eigenvalue weighted by Crippen LogP contribution is -2.48. The summed E-state index contributed by atoms with van der Waals surface area (Å²) < 4.78 is 5.30. The third-order valence-electron chi connectivity index (χ3n) is 4.53. The number of nitrogens with zero attached hydrogens (tertiary/aromatic N) is 1. The Hall–Kier alpha value is -2.08. The van der Waals surface area contributed by atoms with Gasteiger partial charge in [0.15, 0.2) is 0 Å². The van der Waals surface area contributed by atoms with Crippen LogP contribution < -0.4 is 15.8 Å². The number of amides is 2. The molecule has 0 aromatic heterocycles. The molecule has 1 unspecified atom stereocenters. The average Bonchev–Trinajstić information content (AvgIpc) is 2.61. The molecule has 1 saturated heterocycles. The van der Waals surface area contributed by atoms with Crippen LogP contribution in [0.2, 0.25) is 0 Å². The van der Waals surface area contributed by atoms with Crippen molar-refractivity contribution in [3.8, 4) is 5.75 Å². The molecule has 1 aliphatic rings. The molecule has 0 aliphatic carbocycles. The first-order chi connectivity index (χ1) is 11.5. The maximum atomic E-state index is 12.5. The van der Waals surface area contributed by atoms with Gasteiger partial charge in [-0.2, -0.15) is 0 Å². The highest BCUT2D eigenvalue weighted by Gasteiger charge is 2.25. The van der Waals surface area contributed by atoms with Gasteiger partial charge in [0.2, 0.25) is 11.8 Å². The Bertz CT molecular complexity index is 568. The predicted octanol–water partition coefficient (Wildman–Crippen LogP) is 0.940. The molecule has 0 spiro atoms. The second-order valence-corrected chi connectivity index (χ2v) is 6.29. The number of likely N-dealkylation sites (tertiary alicyclic amines) is 1. The van der Waals surface area contributed by atoms with E-state index in [2.05, 4.69) is 5.32 Å². The molecule has 1 heterocycles. The second kappa shape index (κ2) is 8.68. The molecule has 24 heavy (non-hydrogen) atoms. The fourth-order valence-corrected chi connectivity index (χ4v) is 2.85. The van der Waals surface area contributed by atoms with Crippen LogP contribution in [0.15, 0.2) is 24.3 Å². The van der Waals surface area contributed by atoms with Crippen LogP contribution in [0.4, 0.5) is 0 Å². The average molecular weight is 333 g/mol. The van der Waals surface area contributed by atoms with Crippen molar-refractivity contribution in [2.45, 2.75) is 32.2 Å². The van der Waals surface area contributed by atoms with Gasteiger partial charge in [-0.25, -0.2) is 0 Å². The van der Waals surface area contributed by atoms with Crippen molar-refractivity contribution < 1.29 is 14.3 Å². The maximum absolute atomic E-state index is 12.5. The summed E-state index contributed by atoms with van der Waals surface area (Å²) in [4.78, 5) is 26.2. The zero-order valence-electron chi connectivity index (χ0n) is 14.5. The number of para-hydroxylation sites is 1. The van der Waals surface area contributed by atoms with Gasteiger partial charge in [0.05, 0.1) is 13.5 Å². The minimum absolute atomic E-state index is 0.00343. The van der Waals surface area contributed by atoms with Crippen LogP contribution in [0.3, 0.4) is 0 Å². The molecular formula is C18H27N3O3. The van der Waals surface area contributed by atoms with Crippen molar-refractivity contribution in [1.29, 1.82) is 0 Å². The maximum Gasteiger partial charge on any atom is 0.227 e. The monoisotopic (exact) mass is 333 g/mol. The number of rotatable bonds is 6. The second-order valence-electron chi connectivity index (χ2n) is 6.29. The summed E-state index contributed by atoms with van der Waals surface area (Å²) in [6, 6.07) is 7.71. The molecule has 0 saturated carbocycles. The first kappa shape index (κ1) is 18.3. The molecule has 1 aromatic carbocycles. The molecular weight excluding hydrogens is 306 g/mol. The normalized spacial score (nSPS) is 16.5. The van der Waals surface area contributed by atoms with Crippen LogP contribution in [0.1, 0.15) is 25.3 Å². The molecule has 1 fully saturated rings. The zero-order chi connectivity index (χ0) is 17.5. The molecule has 0 radical (unpaired) electrons. The summed E-state index contributed by atoms with van der Waals surface area (Å²) in [7, 11) is 1.61. The van der Waals surface area contributed by atoms with Gasteiger partial charge in [-0.3, -0.25) is 9.59 Å². The summed E-state index contributed by atoms with van der Waals surface area (Å²) in [6.45, 7) is 3.50. The number of nitrogens with two attached hydrogens (primary N) is 1. The SMILES string of the molecule is COc1ccccc1CC(=O)N1CCC(NC(=O)C(C)CN)CC1. The van der Waals surface area contributed by atoms with Crippen molar-refractivity contribution >= 4 is 11.8 Å². The summed E-state index contributed by atoms with van der Waals surface area (Å²) >= 11 is 0. The van der Waals surface area contributed by atoms with Crippen molar-refractivity contribution in [2.24, 2.45) is 11.7 Å². The Morgan fingerprint density at radius 2 is 2.00 bits per heavy atom. The van der Waals surface area contributed by atoms with Crippen molar-refractivity contribution in [2.75, 3.05) is 26.7 Å². The van der Waals surface area contributed by atoms with E-state index in [1.807, 2.05) is 36.1 Å². The van der Waals surface area contributed by atoms with E-state index in [4.69, 9.17) is 10.5 Å². The van der Waals surface area contributed by atoms with E-state index in [0.717, 1.165) is 24.2 Å². The fourth-order valence-electron chi connectivity index (χ4n) is 2.85. The number of hydrogen-bond acceptors (Lipinski definition) is 4. The number of piperidine rings is 1. The lowest BCUT2D eigenvalue weighted by atomic mass is 10.0. The van der Waals surface area contributed by atoms with E-state index in [9.17, 15) is 9.59 Å². The molecule has 3 N–H and O–H groups in total. The molecule has 1 atom stereocenters. The minimum atomic E-state index is -0.171. The molecule has 1 aromatic rings. The van der Waals surface area contributed by atoms with E-state index in [1.54, 1.807) is 7.11 Å². The Morgan fingerprint density at radius 1 is 1.33 bits per heavy atom. The van der Waals surface area contributed by atoms with Crippen molar-refractivity contribution in [1.82, 2.24) is 10.2 Å². The topological polar surface area (TPSA) is 84.7 Å². The summed E-state index contributed by atoms with van der Waals surface area (Å²) in [5, 5.41) is 3.02. The lowest BCUT2D eigenvalue weighted by molar-refractivity contribution is -0.131. The van der Waals surface area contributed by atoms with Crippen LogP contribution in [0.5, 0.6) is 5.75 Å². The lowest BCUT2D eigenvalue weighted by Gasteiger charge is -2.33. The molecule has 1 aliphatic heterocycles. The molecule has 6 nitrogen and oxygen atoms in total. The van der Waals surface area contributed by atoms with Crippen LogP contribution >= 0.6 is 0 Å². The summed E-state index contributed by atoms with van der Waals surface area (Å²) in [5.74, 6) is 0.662. The first-order valence-electron chi connectivity index (χ1n) is 8.45. The van der Waals surface area contributed by atoms with Gasteiger partial charge in [-0.15, -0.1) is 0 Å². The minimum Gasteiger partial charge on any atom is -0.496 e. The summed E-state index contributed by atoms with van der Waals surface area (Å²) in [5.41, 5.74) is 6.41. The van der Waals surface area contributed by atoms with Crippen molar-refractivity contribution in [3.63, 3.8) is 0 Å². The quantitative estimate of drug-likeness (QED) is 0.811. The largest absolute Gasteiger partial charge is 0.496 e. The molecule has 0 bridgehead atoms. The van der Waals surface area contributed by atoms with Crippen LogP contribution in [0.25, 0.3) is 0 Å². The molecule has 2 amide bonds. The highest BCUT2D eigenvalue weighted by Crippen LogP contribution is 2.20. The molecule has 132 valence electrons. The van der Waals surface area contributed by atoms with Crippen LogP contribution in [-0.2, 0) is 16.0 Å².